The Hall–Kier alpha value is -0.760. The van der Waals surface area contributed by atoms with Crippen LogP contribution in [0.5, 0.6) is 0 Å². The molecule has 1 atom stereocenters. The van der Waals surface area contributed by atoms with Crippen LogP contribution in [0.15, 0.2) is 27.8 Å². The van der Waals surface area contributed by atoms with Crippen LogP contribution in [0.1, 0.15) is 32.4 Å². The summed E-state index contributed by atoms with van der Waals surface area (Å²) in [5, 5.41) is 3.49. The van der Waals surface area contributed by atoms with Crippen molar-refractivity contribution in [1.29, 1.82) is 0 Å². The van der Waals surface area contributed by atoms with Crippen LogP contribution in [-0.4, -0.2) is 50.3 Å². The molecule has 0 aliphatic carbocycles. The van der Waals surface area contributed by atoms with E-state index in [0.717, 1.165) is 64.0 Å². The number of rotatable bonds is 8. The fourth-order valence-corrected chi connectivity index (χ4v) is 2.68. The Morgan fingerprint density at radius 3 is 3.04 bits per heavy atom. The molecule has 5 nitrogen and oxygen atoms in total. The van der Waals surface area contributed by atoms with Crippen LogP contribution in [0.3, 0.4) is 0 Å². The van der Waals surface area contributed by atoms with Crippen LogP contribution in [0.4, 0.5) is 0 Å². The molecule has 23 heavy (non-hydrogen) atoms. The average molecular weight is 435 g/mol. The highest BCUT2D eigenvalue weighted by molar-refractivity contribution is 14.0. The minimum atomic E-state index is 0. The van der Waals surface area contributed by atoms with Gasteiger partial charge in [-0.25, -0.2) is 0 Å². The van der Waals surface area contributed by atoms with Crippen molar-refractivity contribution in [3.8, 4) is 0 Å². The fraction of sp³-hybridized carbons (Fsp3) is 0.706. The molecule has 1 aliphatic rings. The topological polar surface area (TPSA) is 50.0 Å². The third kappa shape index (κ3) is 7.12. The van der Waals surface area contributed by atoms with Gasteiger partial charge >= 0.3 is 0 Å². The molecule has 132 valence electrons. The Morgan fingerprint density at radius 2 is 2.35 bits per heavy atom. The smallest absolute Gasteiger partial charge is 0.193 e. The lowest BCUT2D eigenvalue weighted by Crippen LogP contribution is -2.41. The highest BCUT2D eigenvalue weighted by Crippen LogP contribution is 2.16. The molecule has 1 aromatic rings. The quantitative estimate of drug-likeness (QED) is 0.387. The van der Waals surface area contributed by atoms with Gasteiger partial charge in [0.25, 0.3) is 0 Å². The molecular weight excluding hydrogens is 405 g/mol. The Labute approximate surface area is 156 Å². The standard InChI is InChI=1S/C17H29N3O2.HI/c1-3-9-18-17(19-10-7-16-6-5-12-22-16)20-11-8-15(13-20)14-21-4-2;/h5-6,12,15H,3-4,7-11,13-14H2,1-2H3,(H,18,19);1H. The molecule has 1 aromatic heterocycles. The summed E-state index contributed by atoms with van der Waals surface area (Å²) in [5.74, 6) is 2.67. The first-order chi connectivity index (χ1) is 10.8. The van der Waals surface area contributed by atoms with Crippen molar-refractivity contribution in [3.05, 3.63) is 24.2 Å². The predicted molar refractivity (Wildman–Crippen MR) is 105 cm³/mol. The van der Waals surface area contributed by atoms with E-state index < -0.39 is 0 Å². The zero-order valence-electron chi connectivity index (χ0n) is 14.3. The number of ether oxygens (including phenoxy) is 1. The van der Waals surface area contributed by atoms with Crippen LogP contribution in [0, 0.1) is 5.92 Å². The maximum Gasteiger partial charge on any atom is 0.193 e. The van der Waals surface area contributed by atoms with Gasteiger partial charge < -0.3 is 19.4 Å². The van der Waals surface area contributed by atoms with Crippen molar-refractivity contribution in [2.75, 3.05) is 39.4 Å². The van der Waals surface area contributed by atoms with Crippen LogP contribution >= 0.6 is 24.0 Å². The van der Waals surface area contributed by atoms with Gasteiger partial charge in [-0.3, -0.25) is 4.99 Å². The highest BCUT2D eigenvalue weighted by atomic mass is 127. The first kappa shape index (κ1) is 20.3. The van der Waals surface area contributed by atoms with Gasteiger partial charge in [-0.2, -0.15) is 0 Å². The van der Waals surface area contributed by atoms with E-state index in [1.54, 1.807) is 6.26 Å². The molecule has 0 spiro atoms. The van der Waals surface area contributed by atoms with Gasteiger partial charge in [-0.15, -0.1) is 24.0 Å². The lowest BCUT2D eigenvalue weighted by molar-refractivity contribution is 0.114. The monoisotopic (exact) mass is 435 g/mol. The summed E-state index contributed by atoms with van der Waals surface area (Å²) in [6.45, 7) is 9.70. The number of guanidine groups is 1. The Balaban J connectivity index is 0.00000264. The summed E-state index contributed by atoms with van der Waals surface area (Å²) in [5.41, 5.74) is 0. The first-order valence-electron chi connectivity index (χ1n) is 8.46. The minimum absolute atomic E-state index is 0. The number of nitrogens with one attached hydrogen (secondary N) is 1. The summed E-state index contributed by atoms with van der Waals surface area (Å²) in [4.78, 5) is 7.08. The van der Waals surface area contributed by atoms with E-state index in [2.05, 4.69) is 24.1 Å². The number of likely N-dealkylation sites (tertiary alicyclic amines) is 1. The lowest BCUT2D eigenvalue weighted by atomic mass is 10.1. The van der Waals surface area contributed by atoms with Crippen molar-refractivity contribution in [2.45, 2.75) is 33.1 Å². The van der Waals surface area contributed by atoms with E-state index in [-0.39, 0.29) is 24.0 Å². The average Bonchev–Trinajstić information content (AvgIpc) is 3.20. The lowest BCUT2D eigenvalue weighted by Gasteiger charge is -2.22. The summed E-state index contributed by atoms with van der Waals surface area (Å²) in [6, 6.07) is 3.94. The number of aliphatic imine (C=N–C) groups is 1. The van der Waals surface area contributed by atoms with E-state index in [0.29, 0.717) is 5.92 Å². The molecule has 0 bridgehead atoms. The Morgan fingerprint density at radius 1 is 1.48 bits per heavy atom. The van der Waals surface area contributed by atoms with E-state index in [4.69, 9.17) is 14.1 Å². The number of furan rings is 1. The number of hydrogen-bond acceptors (Lipinski definition) is 3. The van der Waals surface area contributed by atoms with Gasteiger partial charge in [-0.05, 0) is 31.9 Å². The van der Waals surface area contributed by atoms with Crippen LogP contribution < -0.4 is 5.32 Å². The van der Waals surface area contributed by atoms with Gasteiger partial charge in [0.1, 0.15) is 5.76 Å². The SMILES string of the molecule is CCCN=C(NCCc1ccco1)N1CCC(COCC)C1.I. The first-order valence-corrected chi connectivity index (χ1v) is 8.46. The minimum Gasteiger partial charge on any atom is -0.469 e. The Kier molecular flexibility index (Phi) is 10.3. The molecule has 1 N–H and O–H groups in total. The zero-order chi connectivity index (χ0) is 15.6. The molecule has 0 aromatic carbocycles. The number of nitrogens with zero attached hydrogens (tertiary/aromatic N) is 2. The fourth-order valence-electron chi connectivity index (χ4n) is 2.68. The largest absolute Gasteiger partial charge is 0.469 e. The maximum absolute atomic E-state index is 5.56. The van der Waals surface area contributed by atoms with Crippen LogP contribution in [0.25, 0.3) is 0 Å². The summed E-state index contributed by atoms with van der Waals surface area (Å²) < 4.78 is 10.9. The molecule has 1 saturated heterocycles. The maximum atomic E-state index is 5.56. The second kappa shape index (κ2) is 11.7. The van der Waals surface area contributed by atoms with E-state index >= 15 is 0 Å². The van der Waals surface area contributed by atoms with E-state index in [1.807, 2.05) is 12.1 Å². The molecule has 1 unspecified atom stereocenters. The highest BCUT2D eigenvalue weighted by Gasteiger charge is 2.24. The molecule has 2 heterocycles. The van der Waals surface area contributed by atoms with Crippen molar-refractivity contribution < 1.29 is 9.15 Å². The summed E-state index contributed by atoms with van der Waals surface area (Å²) in [6.07, 6.45) is 4.86. The van der Waals surface area contributed by atoms with Gasteiger partial charge in [0.05, 0.1) is 12.9 Å². The molecule has 0 saturated carbocycles. The summed E-state index contributed by atoms with van der Waals surface area (Å²) in [7, 11) is 0. The normalized spacial score (nSPS) is 18.1. The Bertz CT molecular complexity index is 437. The predicted octanol–water partition coefficient (Wildman–Crippen LogP) is 3.15. The van der Waals surface area contributed by atoms with E-state index in [1.165, 1.54) is 6.42 Å². The third-order valence-electron chi connectivity index (χ3n) is 3.86. The third-order valence-corrected chi connectivity index (χ3v) is 3.86. The van der Waals surface area contributed by atoms with Crippen molar-refractivity contribution in [1.82, 2.24) is 10.2 Å². The van der Waals surface area contributed by atoms with Crippen molar-refractivity contribution in [3.63, 3.8) is 0 Å². The van der Waals surface area contributed by atoms with Crippen LogP contribution in [0.2, 0.25) is 0 Å². The van der Waals surface area contributed by atoms with Gasteiger partial charge in [0.2, 0.25) is 0 Å². The second-order valence-corrected chi connectivity index (χ2v) is 5.72. The molecular formula is C17H30IN3O2. The number of halogens is 1. The van der Waals surface area contributed by atoms with E-state index in [9.17, 15) is 0 Å². The zero-order valence-corrected chi connectivity index (χ0v) is 16.6. The van der Waals surface area contributed by atoms with Crippen molar-refractivity contribution >= 4 is 29.9 Å². The molecule has 1 fully saturated rings. The molecule has 6 heteroatoms. The van der Waals surface area contributed by atoms with Gasteiger partial charge in [-0.1, -0.05) is 6.92 Å². The van der Waals surface area contributed by atoms with Gasteiger partial charge in [0.15, 0.2) is 5.96 Å². The summed E-state index contributed by atoms with van der Waals surface area (Å²) >= 11 is 0. The van der Waals surface area contributed by atoms with Crippen LogP contribution in [-0.2, 0) is 11.2 Å². The molecule has 1 aliphatic heterocycles. The second-order valence-electron chi connectivity index (χ2n) is 5.72. The molecule has 0 radical (unpaired) electrons. The molecule has 2 rings (SSSR count). The van der Waals surface area contributed by atoms with Gasteiger partial charge in [0, 0.05) is 45.1 Å². The number of hydrogen-bond donors (Lipinski definition) is 1. The molecule has 0 amide bonds. The van der Waals surface area contributed by atoms with Crippen molar-refractivity contribution in [2.24, 2.45) is 10.9 Å².